The van der Waals surface area contributed by atoms with Crippen molar-refractivity contribution in [3.05, 3.63) is 65.7 Å². The number of benzene rings is 2. The van der Waals surface area contributed by atoms with Gasteiger partial charge in [0.05, 0.1) is 6.04 Å². The molecule has 0 saturated heterocycles. The molecule has 0 fully saturated rings. The van der Waals surface area contributed by atoms with E-state index in [1.54, 1.807) is 18.2 Å². The summed E-state index contributed by atoms with van der Waals surface area (Å²) in [7, 11) is 0. The van der Waals surface area contributed by atoms with Gasteiger partial charge in [0, 0.05) is 17.8 Å². The smallest absolute Gasteiger partial charge is 0.246 e. The molecule has 0 aliphatic heterocycles. The van der Waals surface area contributed by atoms with E-state index >= 15 is 0 Å². The molecule has 0 spiro atoms. The molecule has 0 aliphatic carbocycles. The van der Waals surface area contributed by atoms with Crippen molar-refractivity contribution in [1.29, 1.82) is 0 Å². The van der Waals surface area contributed by atoms with Gasteiger partial charge in [-0.3, -0.25) is 4.79 Å². The van der Waals surface area contributed by atoms with Crippen molar-refractivity contribution in [3.8, 4) is 12.3 Å². The second kappa shape index (κ2) is 9.90. The van der Waals surface area contributed by atoms with Gasteiger partial charge in [-0.15, -0.1) is 6.42 Å². The van der Waals surface area contributed by atoms with Crippen LogP contribution in [0.5, 0.6) is 0 Å². The topological polar surface area (TPSA) is 65.5 Å². The van der Waals surface area contributed by atoms with Crippen molar-refractivity contribution in [2.24, 2.45) is 4.99 Å². The maximum atomic E-state index is 12.2. The van der Waals surface area contributed by atoms with Gasteiger partial charge in [0.15, 0.2) is 5.96 Å². The summed E-state index contributed by atoms with van der Waals surface area (Å²) in [6.45, 7) is 4.75. The Morgan fingerprint density at radius 2 is 1.96 bits per heavy atom. The van der Waals surface area contributed by atoms with Crippen molar-refractivity contribution in [2.45, 2.75) is 19.9 Å². The first-order valence-corrected chi connectivity index (χ1v) is 8.58. The zero-order valence-electron chi connectivity index (χ0n) is 15.1. The Hall–Kier alpha value is -3.26. The van der Waals surface area contributed by atoms with Crippen LogP contribution in [-0.2, 0) is 4.79 Å². The van der Waals surface area contributed by atoms with Crippen LogP contribution in [0.25, 0.3) is 0 Å². The standard InChI is InChI=1S/C21H24N4O/c1-4-17-10-9-13-19(14-17)25-20(26)15-23-21(22-5-2)24-16(3)18-11-7-6-8-12-18/h1,6-14,16H,5,15H2,2-3H3,(H,25,26)(H2,22,23,24). The number of carbonyl (C=O) groups excluding carboxylic acids is 1. The fraction of sp³-hybridized carbons (Fsp3) is 0.238. The molecule has 5 heteroatoms. The number of hydrogen-bond acceptors (Lipinski definition) is 2. The summed E-state index contributed by atoms with van der Waals surface area (Å²) < 4.78 is 0. The summed E-state index contributed by atoms with van der Waals surface area (Å²) >= 11 is 0. The molecule has 0 aromatic heterocycles. The van der Waals surface area contributed by atoms with Gasteiger partial charge in [-0.05, 0) is 37.6 Å². The molecule has 0 saturated carbocycles. The van der Waals surface area contributed by atoms with Crippen LogP contribution in [0.3, 0.4) is 0 Å². The van der Waals surface area contributed by atoms with Crippen molar-refractivity contribution < 1.29 is 4.79 Å². The maximum Gasteiger partial charge on any atom is 0.246 e. The average Bonchev–Trinajstić information content (AvgIpc) is 2.67. The average molecular weight is 348 g/mol. The Balaban J connectivity index is 1.97. The molecule has 1 atom stereocenters. The fourth-order valence-electron chi connectivity index (χ4n) is 2.39. The van der Waals surface area contributed by atoms with Crippen LogP contribution in [0.15, 0.2) is 59.6 Å². The maximum absolute atomic E-state index is 12.2. The monoisotopic (exact) mass is 348 g/mol. The lowest BCUT2D eigenvalue weighted by atomic mass is 10.1. The number of nitrogens with zero attached hydrogens (tertiary/aromatic N) is 1. The van der Waals surface area contributed by atoms with Crippen LogP contribution in [0, 0.1) is 12.3 Å². The van der Waals surface area contributed by atoms with Gasteiger partial charge in [-0.2, -0.15) is 0 Å². The normalized spacial score (nSPS) is 12.0. The second-order valence-electron chi connectivity index (χ2n) is 5.75. The van der Waals surface area contributed by atoms with E-state index in [1.807, 2.05) is 50.2 Å². The number of rotatable bonds is 6. The lowest BCUT2D eigenvalue weighted by molar-refractivity contribution is -0.114. The summed E-state index contributed by atoms with van der Waals surface area (Å²) in [5.41, 5.74) is 2.53. The molecule has 26 heavy (non-hydrogen) atoms. The van der Waals surface area contributed by atoms with Gasteiger partial charge >= 0.3 is 0 Å². The lowest BCUT2D eigenvalue weighted by Crippen LogP contribution is -2.39. The van der Waals surface area contributed by atoms with Gasteiger partial charge in [0.25, 0.3) is 0 Å². The van der Waals surface area contributed by atoms with Crippen molar-refractivity contribution in [1.82, 2.24) is 10.6 Å². The summed E-state index contributed by atoms with van der Waals surface area (Å²) in [5.74, 6) is 2.93. The number of carbonyl (C=O) groups is 1. The van der Waals surface area contributed by atoms with Crippen molar-refractivity contribution in [3.63, 3.8) is 0 Å². The number of terminal acetylenes is 1. The highest BCUT2D eigenvalue weighted by Gasteiger charge is 2.08. The first-order chi connectivity index (χ1) is 12.6. The number of nitrogens with one attached hydrogen (secondary N) is 3. The van der Waals surface area contributed by atoms with Gasteiger partial charge in [-0.1, -0.05) is 42.3 Å². The van der Waals surface area contributed by atoms with E-state index in [-0.39, 0.29) is 18.5 Å². The molecule has 1 unspecified atom stereocenters. The third kappa shape index (κ3) is 5.99. The molecule has 134 valence electrons. The van der Waals surface area contributed by atoms with E-state index in [9.17, 15) is 4.79 Å². The zero-order valence-corrected chi connectivity index (χ0v) is 15.1. The van der Waals surface area contributed by atoms with E-state index < -0.39 is 0 Å². The van der Waals surface area contributed by atoms with E-state index in [0.717, 1.165) is 11.1 Å². The molecule has 0 bridgehead atoms. The molecular weight excluding hydrogens is 324 g/mol. The van der Waals surface area contributed by atoms with E-state index in [0.29, 0.717) is 18.2 Å². The Morgan fingerprint density at radius 1 is 1.19 bits per heavy atom. The minimum Gasteiger partial charge on any atom is -0.357 e. The Bertz CT molecular complexity index is 793. The number of hydrogen-bond donors (Lipinski definition) is 3. The first-order valence-electron chi connectivity index (χ1n) is 8.58. The Morgan fingerprint density at radius 3 is 2.65 bits per heavy atom. The highest BCUT2D eigenvalue weighted by Crippen LogP contribution is 2.11. The van der Waals surface area contributed by atoms with Gasteiger partial charge < -0.3 is 16.0 Å². The first kappa shape index (κ1) is 19.1. The number of aliphatic imine (C=N–C) groups is 1. The molecule has 2 aromatic carbocycles. The van der Waals surface area contributed by atoms with Crippen LogP contribution in [-0.4, -0.2) is 25.0 Å². The van der Waals surface area contributed by atoms with Crippen molar-refractivity contribution in [2.75, 3.05) is 18.4 Å². The predicted molar refractivity (Wildman–Crippen MR) is 107 cm³/mol. The Labute approximate surface area is 154 Å². The molecule has 2 rings (SSSR count). The van der Waals surface area contributed by atoms with E-state index in [2.05, 4.69) is 26.9 Å². The molecule has 3 N–H and O–H groups in total. The van der Waals surface area contributed by atoms with Crippen LogP contribution in [0.1, 0.15) is 31.0 Å². The molecular formula is C21H24N4O. The molecule has 0 heterocycles. The van der Waals surface area contributed by atoms with Gasteiger partial charge in [0.2, 0.25) is 5.91 Å². The highest BCUT2D eigenvalue weighted by atomic mass is 16.1. The second-order valence-corrected chi connectivity index (χ2v) is 5.75. The summed E-state index contributed by atoms with van der Waals surface area (Å²) in [5, 5.41) is 9.26. The minimum atomic E-state index is -0.205. The summed E-state index contributed by atoms with van der Waals surface area (Å²) in [6.07, 6.45) is 5.37. The van der Waals surface area contributed by atoms with Crippen LogP contribution < -0.4 is 16.0 Å². The molecule has 0 radical (unpaired) electrons. The Kier molecular flexibility index (Phi) is 7.26. The SMILES string of the molecule is C#Cc1cccc(NC(=O)CN=C(NCC)NC(C)c2ccccc2)c1. The predicted octanol–water partition coefficient (Wildman–Crippen LogP) is 2.92. The number of guanidine groups is 1. The molecule has 2 aromatic rings. The van der Waals surface area contributed by atoms with Crippen LogP contribution in [0.2, 0.25) is 0 Å². The van der Waals surface area contributed by atoms with Gasteiger partial charge in [0.1, 0.15) is 6.54 Å². The number of amides is 1. The minimum absolute atomic E-state index is 0.0110. The zero-order chi connectivity index (χ0) is 18.8. The highest BCUT2D eigenvalue weighted by molar-refractivity contribution is 5.94. The largest absolute Gasteiger partial charge is 0.357 e. The third-order valence-corrected chi connectivity index (χ3v) is 3.69. The summed E-state index contributed by atoms with van der Waals surface area (Å²) in [4.78, 5) is 16.5. The van der Waals surface area contributed by atoms with Crippen LogP contribution in [0.4, 0.5) is 5.69 Å². The van der Waals surface area contributed by atoms with Gasteiger partial charge in [-0.25, -0.2) is 4.99 Å². The lowest BCUT2D eigenvalue weighted by Gasteiger charge is -2.18. The number of anilines is 1. The third-order valence-electron chi connectivity index (χ3n) is 3.69. The van der Waals surface area contributed by atoms with E-state index in [1.165, 1.54) is 0 Å². The summed E-state index contributed by atoms with van der Waals surface area (Å²) in [6, 6.07) is 17.3. The quantitative estimate of drug-likeness (QED) is 0.427. The van der Waals surface area contributed by atoms with E-state index in [4.69, 9.17) is 6.42 Å². The van der Waals surface area contributed by atoms with Crippen LogP contribution >= 0.6 is 0 Å². The van der Waals surface area contributed by atoms with Crippen molar-refractivity contribution >= 4 is 17.6 Å². The fourth-order valence-corrected chi connectivity index (χ4v) is 2.39. The molecule has 5 nitrogen and oxygen atoms in total. The molecule has 0 aliphatic rings. The molecule has 1 amide bonds.